The van der Waals surface area contributed by atoms with Crippen LogP contribution >= 0.6 is 0 Å². The topological polar surface area (TPSA) is 38.7 Å². The van der Waals surface area contributed by atoms with Crippen LogP contribution < -0.4 is 0 Å². The van der Waals surface area contributed by atoms with E-state index in [9.17, 15) is 0 Å². The van der Waals surface area contributed by atoms with Crippen LogP contribution in [-0.4, -0.2) is 15.0 Å². The van der Waals surface area contributed by atoms with Crippen molar-refractivity contribution in [2.24, 2.45) is 5.92 Å². The van der Waals surface area contributed by atoms with Gasteiger partial charge in [-0.15, -0.1) is 0 Å². The molecule has 1 heterocycles. The number of benzene rings is 4. The third-order valence-electron chi connectivity index (χ3n) is 10.7. The highest BCUT2D eigenvalue weighted by atomic mass is 15.0. The maximum atomic E-state index is 5.43. The van der Waals surface area contributed by atoms with E-state index in [1.165, 1.54) is 73.2 Å². The first kappa shape index (κ1) is 31.8. The molecule has 0 radical (unpaired) electrons. The molecule has 0 saturated heterocycles. The van der Waals surface area contributed by atoms with Crippen LogP contribution in [0.3, 0.4) is 0 Å². The summed E-state index contributed by atoms with van der Waals surface area (Å²) in [6.07, 6.45) is 16.8. The molecule has 0 aliphatic heterocycles. The Hall–Kier alpha value is -5.41. The number of aryl methyl sites for hydroxylation is 2. The molecule has 50 heavy (non-hydrogen) atoms. The number of hydrogen-bond donors (Lipinski definition) is 0. The van der Waals surface area contributed by atoms with Gasteiger partial charge in [0.05, 0.1) is 0 Å². The summed E-state index contributed by atoms with van der Waals surface area (Å²) in [5.41, 5.74) is 17.0. The predicted molar refractivity (Wildman–Crippen MR) is 209 cm³/mol. The van der Waals surface area contributed by atoms with Gasteiger partial charge in [0.1, 0.15) is 0 Å². The second kappa shape index (κ2) is 13.5. The molecule has 0 N–H and O–H groups in total. The zero-order chi connectivity index (χ0) is 34.2. The molecule has 0 fully saturated rings. The Kier molecular flexibility index (Phi) is 8.58. The molecular formula is C47H43N3. The van der Waals surface area contributed by atoms with Crippen molar-refractivity contribution in [2.75, 3.05) is 0 Å². The Bertz CT molecular complexity index is 2280. The first-order valence-electron chi connectivity index (χ1n) is 18.0. The third-order valence-corrected chi connectivity index (χ3v) is 10.7. The van der Waals surface area contributed by atoms with E-state index in [-0.39, 0.29) is 0 Å². The molecule has 3 aliphatic rings. The number of aromatic nitrogens is 3. The SMILES string of the molecule is CC1=CCCC(c2nc(C3=CCC4CCC=CC4=C3)nc(-c3ccc(-c4ccccc4)c(C)c3-c3ccccc3C)n2)=C1c1ccccc1C. The zero-order valence-corrected chi connectivity index (χ0v) is 29.5. The molecule has 246 valence electrons. The Morgan fingerprint density at radius 1 is 0.600 bits per heavy atom. The van der Waals surface area contributed by atoms with Crippen molar-refractivity contribution >= 4 is 16.7 Å². The maximum absolute atomic E-state index is 5.43. The summed E-state index contributed by atoms with van der Waals surface area (Å²) in [5, 5.41) is 0. The molecule has 0 amide bonds. The molecule has 8 rings (SSSR count). The Labute approximate surface area is 296 Å². The average Bonchev–Trinajstić information content (AvgIpc) is 3.15. The minimum absolute atomic E-state index is 0.576. The predicted octanol–water partition coefficient (Wildman–Crippen LogP) is 12.1. The Balaban J connectivity index is 1.40. The van der Waals surface area contributed by atoms with Crippen molar-refractivity contribution in [3.63, 3.8) is 0 Å². The normalized spacial score (nSPS) is 17.2. The van der Waals surface area contributed by atoms with Gasteiger partial charge in [0.15, 0.2) is 17.5 Å². The highest BCUT2D eigenvalue weighted by Gasteiger charge is 2.26. The van der Waals surface area contributed by atoms with Gasteiger partial charge in [-0.1, -0.05) is 109 Å². The Morgan fingerprint density at radius 2 is 1.28 bits per heavy atom. The number of rotatable bonds is 6. The number of nitrogens with zero attached hydrogens (tertiary/aromatic N) is 3. The van der Waals surface area contributed by atoms with Gasteiger partial charge in [0, 0.05) is 16.7 Å². The van der Waals surface area contributed by atoms with Gasteiger partial charge in [-0.2, -0.15) is 0 Å². The molecule has 3 heteroatoms. The minimum Gasteiger partial charge on any atom is -0.209 e. The summed E-state index contributed by atoms with van der Waals surface area (Å²) >= 11 is 0. The molecule has 3 aliphatic carbocycles. The number of hydrogen-bond acceptors (Lipinski definition) is 3. The van der Waals surface area contributed by atoms with E-state index in [1.807, 2.05) is 0 Å². The van der Waals surface area contributed by atoms with Crippen molar-refractivity contribution in [3.05, 3.63) is 166 Å². The molecule has 3 nitrogen and oxygen atoms in total. The first-order valence-corrected chi connectivity index (χ1v) is 18.0. The van der Waals surface area contributed by atoms with Crippen LogP contribution in [0, 0.1) is 26.7 Å². The smallest absolute Gasteiger partial charge is 0.164 e. The van der Waals surface area contributed by atoms with E-state index in [4.69, 9.17) is 15.0 Å². The van der Waals surface area contributed by atoms with E-state index in [0.29, 0.717) is 5.92 Å². The molecule has 4 aromatic carbocycles. The van der Waals surface area contributed by atoms with Gasteiger partial charge in [0.25, 0.3) is 0 Å². The molecular weight excluding hydrogens is 607 g/mol. The van der Waals surface area contributed by atoms with Crippen molar-refractivity contribution in [2.45, 2.75) is 59.8 Å². The summed E-state index contributed by atoms with van der Waals surface area (Å²) in [6, 6.07) is 32.5. The second-order valence-corrected chi connectivity index (χ2v) is 14.0. The maximum Gasteiger partial charge on any atom is 0.164 e. The molecule has 0 saturated carbocycles. The standard InChI is InChI=1S/C47H43N3/c1-30-15-8-12-22-38(30)43-32(3)17-14-24-41(43)46-48-45(37-26-25-34-18-10-11-21-36(34)29-37)49-47(50-46)42-28-27-40(35-19-6-5-7-20-35)33(4)44(42)39-23-13-9-16-31(39)2/h5-9,11-13,15-17,19-23,26-29,34H,10,14,18,24-25H2,1-4H3. The molecule has 1 unspecified atom stereocenters. The van der Waals surface area contributed by atoms with Gasteiger partial charge < -0.3 is 0 Å². The van der Waals surface area contributed by atoms with Crippen molar-refractivity contribution in [3.8, 4) is 33.6 Å². The van der Waals surface area contributed by atoms with Gasteiger partial charge in [0.2, 0.25) is 0 Å². The van der Waals surface area contributed by atoms with Crippen LogP contribution in [0.5, 0.6) is 0 Å². The molecule has 1 atom stereocenters. The van der Waals surface area contributed by atoms with Crippen molar-refractivity contribution in [1.82, 2.24) is 15.0 Å². The van der Waals surface area contributed by atoms with Crippen LogP contribution in [0.1, 0.15) is 72.9 Å². The lowest BCUT2D eigenvalue weighted by atomic mass is 9.82. The summed E-state index contributed by atoms with van der Waals surface area (Å²) in [4.78, 5) is 16.1. The third kappa shape index (κ3) is 5.92. The second-order valence-electron chi connectivity index (χ2n) is 14.0. The highest BCUT2D eigenvalue weighted by molar-refractivity contribution is 5.99. The van der Waals surface area contributed by atoms with Crippen molar-refractivity contribution < 1.29 is 0 Å². The summed E-state index contributed by atoms with van der Waals surface area (Å²) in [5.74, 6) is 2.82. The summed E-state index contributed by atoms with van der Waals surface area (Å²) in [7, 11) is 0. The van der Waals surface area contributed by atoms with Gasteiger partial charge in [-0.25, -0.2) is 15.0 Å². The fraction of sp³-hybridized carbons (Fsp3) is 0.213. The van der Waals surface area contributed by atoms with Crippen LogP contribution in [0.25, 0.3) is 50.4 Å². The van der Waals surface area contributed by atoms with Crippen LogP contribution in [0.15, 0.2) is 133 Å². The largest absolute Gasteiger partial charge is 0.209 e. The van der Waals surface area contributed by atoms with Crippen molar-refractivity contribution in [1.29, 1.82) is 0 Å². The van der Waals surface area contributed by atoms with E-state index in [0.717, 1.165) is 54.3 Å². The molecule has 0 bridgehead atoms. The zero-order valence-electron chi connectivity index (χ0n) is 29.5. The van der Waals surface area contributed by atoms with Gasteiger partial charge >= 0.3 is 0 Å². The first-order chi connectivity index (χ1) is 24.5. The van der Waals surface area contributed by atoms with Crippen LogP contribution in [0.4, 0.5) is 0 Å². The van der Waals surface area contributed by atoms with E-state index in [1.54, 1.807) is 0 Å². The monoisotopic (exact) mass is 649 g/mol. The van der Waals surface area contributed by atoms with E-state index < -0.39 is 0 Å². The fourth-order valence-corrected chi connectivity index (χ4v) is 8.04. The van der Waals surface area contributed by atoms with Gasteiger partial charge in [-0.05, 0) is 139 Å². The quantitative estimate of drug-likeness (QED) is 0.184. The lowest BCUT2D eigenvalue weighted by Gasteiger charge is -2.25. The summed E-state index contributed by atoms with van der Waals surface area (Å²) < 4.78 is 0. The van der Waals surface area contributed by atoms with Gasteiger partial charge in [-0.3, -0.25) is 0 Å². The molecule has 0 spiro atoms. The minimum atomic E-state index is 0.576. The fourth-order valence-electron chi connectivity index (χ4n) is 8.04. The lowest BCUT2D eigenvalue weighted by molar-refractivity contribution is 0.567. The highest BCUT2D eigenvalue weighted by Crippen LogP contribution is 2.43. The average molecular weight is 650 g/mol. The number of fused-ring (bicyclic) bond motifs is 1. The molecule has 1 aromatic heterocycles. The van der Waals surface area contributed by atoms with E-state index in [2.05, 4.69) is 149 Å². The van der Waals surface area contributed by atoms with E-state index >= 15 is 0 Å². The van der Waals surface area contributed by atoms with Crippen LogP contribution in [-0.2, 0) is 0 Å². The molecule has 5 aromatic rings. The Morgan fingerprint density at radius 3 is 2.06 bits per heavy atom. The number of allylic oxidation sites excluding steroid dienone is 10. The van der Waals surface area contributed by atoms with Crippen LogP contribution in [0.2, 0.25) is 0 Å². The summed E-state index contributed by atoms with van der Waals surface area (Å²) in [6.45, 7) is 8.87. The lowest BCUT2D eigenvalue weighted by Crippen LogP contribution is -2.12.